The summed E-state index contributed by atoms with van der Waals surface area (Å²) in [5.41, 5.74) is 8.35. The van der Waals surface area contributed by atoms with E-state index in [1.165, 1.54) is 0 Å². The van der Waals surface area contributed by atoms with Gasteiger partial charge in [-0.05, 0) is 30.5 Å². The summed E-state index contributed by atoms with van der Waals surface area (Å²) in [6.45, 7) is 2.18. The van der Waals surface area contributed by atoms with Gasteiger partial charge in [0.1, 0.15) is 6.04 Å². The minimum atomic E-state index is -0.629. The van der Waals surface area contributed by atoms with Crippen LogP contribution in [0.4, 0.5) is 0 Å². The average molecular weight is 287 g/mol. The number of nitrogens with one attached hydrogen (secondary N) is 1. The standard InChI is InChI=1S/C15H17N3O3/c1-8-3-2-4-9-13(8)11(7-16)18(15(9)21)10-5-6-12(19)17-14(10)20/h2-4,10-11H,5-7,16H2,1H3,(H,17,19,20). The minimum absolute atomic E-state index is 0.182. The molecule has 2 atom stereocenters. The third-order valence-corrected chi connectivity index (χ3v) is 4.23. The molecule has 0 aliphatic carbocycles. The third kappa shape index (κ3) is 2.03. The van der Waals surface area contributed by atoms with Gasteiger partial charge in [-0.1, -0.05) is 12.1 Å². The number of amides is 3. The molecular weight excluding hydrogens is 270 g/mol. The maximum absolute atomic E-state index is 12.7. The van der Waals surface area contributed by atoms with E-state index in [9.17, 15) is 14.4 Å². The third-order valence-electron chi connectivity index (χ3n) is 4.23. The van der Waals surface area contributed by atoms with Crippen molar-refractivity contribution >= 4 is 17.7 Å². The molecule has 0 saturated carbocycles. The van der Waals surface area contributed by atoms with Crippen LogP contribution in [0.3, 0.4) is 0 Å². The molecule has 1 fully saturated rings. The Balaban J connectivity index is 2.01. The van der Waals surface area contributed by atoms with Crippen molar-refractivity contribution in [3.05, 3.63) is 34.9 Å². The molecule has 3 amide bonds. The number of nitrogens with two attached hydrogens (primary N) is 1. The topological polar surface area (TPSA) is 92.5 Å². The van der Waals surface area contributed by atoms with Crippen LogP contribution in [0.1, 0.15) is 40.4 Å². The van der Waals surface area contributed by atoms with Crippen molar-refractivity contribution in [3.63, 3.8) is 0 Å². The Morgan fingerprint density at radius 3 is 2.76 bits per heavy atom. The molecule has 6 heteroatoms. The van der Waals surface area contributed by atoms with Gasteiger partial charge in [0.15, 0.2) is 0 Å². The summed E-state index contributed by atoms with van der Waals surface area (Å²) >= 11 is 0. The summed E-state index contributed by atoms with van der Waals surface area (Å²) in [6.07, 6.45) is 0.590. The molecule has 21 heavy (non-hydrogen) atoms. The average Bonchev–Trinajstić information content (AvgIpc) is 2.73. The molecule has 3 rings (SSSR count). The fourth-order valence-corrected chi connectivity index (χ4v) is 3.27. The molecule has 0 spiro atoms. The van der Waals surface area contributed by atoms with Crippen LogP contribution in [-0.2, 0) is 9.59 Å². The largest absolute Gasteiger partial charge is 0.328 e. The Bertz CT molecular complexity index is 641. The molecule has 0 bridgehead atoms. The minimum Gasteiger partial charge on any atom is -0.328 e. The number of rotatable bonds is 2. The second-order valence-electron chi connectivity index (χ2n) is 5.47. The smallest absolute Gasteiger partial charge is 0.255 e. The van der Waals surface area contributed by atoms with Crippen molar-refractivity contribution in [3.8, 4) is 0 Å². The van der Waals surface area contributed by atoms with Crippen molar-refractivity contribution in [2.24, 2.45) is 5.73 Å². The normalized spacial score (nSPS) is 25.0. The van der Waals surface area contributed by atoms with Crippen molar-refractivity contribution in [1.29, 1.82) is 0 Å². The molecule has 6 nitrogen and oxygen atoms in total. The Morgan fingerprint density at radius 2 is 2.10 bits per heavy atom. The molecule has 2 unspecified atom stereocenters. The van der Waals surface area contributed by atoms with Gasteiger partial charge >= 0.3 is 0 Å². The maximum atomic E-state index is 12.7. The van der Waals surface area contributed by atoms with Gasteiger partial charge in [-0.15, -0.1) is 0 Å². The summed E-state index contributed by atoms with van der Waals surface area (Å²) in [6, 6.07) is 4.59. The summed E-state index contributed by atoms with van der Waals surface area (Å²) in [5, 5.41) is 2.30. The number of fused-ring (bicyclic) bond motifs is 1. The highest BCUT2D eigenvalue weighted by molar-refractivity contribution is 6.06. The first kappa shape index (κ1) is 13.8. The first-order valence-corrected chi connectivity index (χ1v) is 7.00. The predicted molar refractivity (Wildman–Crippen MR) is 75.3 cm³/mol. The Kier molecular flexibility index (Phi) is 3.25. The van der Waals surface area contributed by atoms with Gasteiger partial charge < -0.3 is 10.6 Å². The molecule has 1 aromatic carbocycles. The Labute approximate surface area is 122 Å². The lowest BCUT2D eigenvalue weighted by atomic mass is 9.98. The molecule has 0 radical (unpaired) electrons. The Morgan fingerprint density at radius 1 is 1.33 bits per heavy atom. The van der Waals surface area contributed by atoms with Gasteiger partial charge in [0, 0.05) is 18.5 Å². The molecule has 2 heterocycles. The van der Waals surface area contributed by atoms with Crippen LogP contribution in [0.15, 0.2) is 18.2 Å². The van der Waals surface area contributed by atoms with E-state index in [1.807, 2.05) is 19.1 Å². The highest BCUT2D eigenvalue weighted by Gasteiger charge is 2.44. The van der Waals surface area contributed by atoms with Crippen molar-refractivity contribution < 1.29 is 14.4 Å². The van der Waals surface area contributed by atoms with E-state index in [1.54, 1.807) is 11.0 Å². The Hall–Kier alpha value is -2.21. The van der Waals surface area contributed by atoms with Crippen molar-refractivity contribution in [1.82, 2.24) is 10.2 Å². The van der Waals surface area contributed by atoms with Gasteiger partial charge in [0.2, 0.25) is 11.8 Å². The number of aryl methyl sites for hydroxylation is 1. The number of benzene rings is 1. The van der Waals surface area contributed by atoms with E-state index in [-0.39, 0.29) is 30.8 Å². The second kappa shape index (κ2) is 4.96. The van der Waals surface area contributed by atoms with Crippen LogP contribution >= 0.6 is 0 Å². The van der Waals surface area contributed by atoms with Gasteiger partial charge in [0.05, 0.1) is 6.04 Å². The van der Waals surface area contributed by atoms with E-state index in [4.69, 9.17) is 5.73 Å². The van der Waals surface area contributed by atoms with E-state index in [0.29, 0.717) is 12.0 Å². The van der Waals surface area contributed by atoms with E-state index < -0.39 is 11.9 Å². The quantitative estimate of drug-likeness (QED) is 0.763. The van der Waals surface area contributed by atoms with Crippen LogP contribution in [0.25, 0.3) is 0 Å². The molecule has 110 valence electrons. The fourth-order valence-electron chi connectivity index (χ4n) is 3.27. The monoisotopic (exact) mass is 287 g/mol. The lowest BCUT2D eigenvalue weighted by molar-refractivity contribution is -0.137. The number of carbonyl (C=O) groups excluding carboxylic acids is 3. The second-order valence-corrected chi connectivity index (χ2v) is 5.47. The number of hydrogen-bond acceptors (Lipinski definition) is 4. The van der Waals surface area contributed by atoms with Crippen LogP contribution < -0.4 is 11.1 Å². The van der Waals surface area contributed by atoms with Gasteiger partial charge in [0.25, 0.3) is 5.91 Å². The maximum Gasteiger partial charge on any atom is 0.255 e. The highest BCUT2D eigenvalue weighted by Crippen LogP contribution is 2.37. The highest BCUT2D eigenvalue weighted by atomic mass is 16.2. The zero-order valence-corrected chi connectivity index (χ0v) is 11.8. The van der Waals surface area contributed by atoms with Crippen molar-refractivity contribution in [2.45, 2.75) is 31.8 Å². The van der Waals surface area contributed by atoms with Crippen molar-refractivity contribution in [2.75, 3.05) is 6.54 Å². The summed E-state index contributed by atoms with van der Waals surface area (Å²) in [5.74, 6) is -0.886. The predicted octanol–water partition coefficient (Wildman–Crippen LogP) is 0.256. The molecule has 2 aliphatic heterocycles. The van der Waals surface area contributed by atoms with Crippen LogP contribution in [0.5, 0.6) is 0 Å². The lowest BCUT2D eigenvalue weighted by Gasteiger charge is -2.34. The SMILES string of the molecule is Cc1cccc2c1C(CN)N(C1CCC(=O)NC1=O)C2=O. The molecule has 1 saturated heterocycles. The lowest BCUT2D eigenvalue weighted by Crippen LogP contribution is -2.54. The molecule has 2 aliphatic rings. The molecule has 1 aromatic rings. The molecule has 0 aromatic heterocycles. The summed E-state index contributed by atoms with van der Waals surface area (Å²) < 4.78 is 0. The van der Waals surface area contributed by atoms with E-state index in [0.717, 1.165) is 11.1 Å². The van der Waals surface area contributed by atoms with Gasteiger partial charge in [-0.3, -0.25) is 19.7 Å². The molecular formula is C15H17N3O3. The zero-order chi connectivity index (χ0) is 15.1. The molecule has 3 N–H and O–H groups in total. The number of hydrogen-bond donors (Lipinski definition) is 2. The summed E-state index contributed by atoms with van der Waals surface area (Å²) in [4.78, 5) is 37.5. The first-order chi connectivity index (χ1) is 10.0. The van der Waals surface area contributed by atoms with Gasteiger partial charge in [-0.2, -0.15) is 0 Å². The van der Waals surface area contributed by atoms with E-state index in [2.05, 4.69) is 5.32 Å². The fraction of sp³-hybridized carbons (Fsp3) is 0.400. The number of carbonyl (C=O) groups is 3. The van der Waals surface area contributed by atoms with Crippen LogP contribution in [0, 0.1) is 6.92 Å². The number of nitrogens with zero attached hydrogens (tertiary/aromatic N) is 1. The van der Waals surface area contributed by atoms with Gasteiger partial charge in [-0.25, -0.2) is 0 Å². The van der Waals surface area contributed by atoms with Crippen LogP contribution in [-0.4, -0.2) is 35.2 Å². The number of imide groups is 1. The summed E-state index contributed by atoms with van der Waals surface area (Å²) in [7, 11) is 0. The number of piperidine rings is 1. The van der Waals surface area contributed by atoms with E-state index >= 15 is 0 Å². The first-order valence-electron chi connectivity index (χ1n) is 7.00. The van der Waals surface area contributed by atoms with Crippen LogP contribution in [0.2, 0.25) is 0 Å². The zero-order valence-electron chi connectivity index (χ0n) is 11.8.